The van der Waals surface area contributed by atoms with Crippen molar-refractivity contribution in [1.29, 1.82) is 0 Å². The molecule has 0 fully saturated rings. The van der Waals surface area contributed by atoms with Gasteiger partial charge in [0.15, 0.2) is 11.5 Å². The van der Waals surface area contributed by atoms with Gasteiger partial charge in [0.25, 0.3) is 5.91 Å². The first-order valence-corrected chi connectivity index (χ1v) is 4.55. The number of carbonyl (C=O) groups is 1. The van der Waals surface area contributed by atoms with Gasteiger partial charge in [0.2, 0.25) is 0 Å². The third-order valence-electron chi connectivity index (χ3n) is 1.90. The van der Waals surface area contributed by atoms with Crippen molar-refractivity contribution in [2.24, 2.45) is 11.5 Å². The quantitative estimate of drug-likeness (QED) is 0.632. The Morgan fingerprint density at radius 2 is 2.07 bits per heavy atom. The lowest BCUT2D eigenvalue weighted by molar-refractivity contribution is 0.0996. The largest absolute Gasteiger partial charge is 0.364 e. The number of aromatic nitrogens is 2. The molecule has 0 unspecified atom stereocenters. The van der Waals surface area contributed by atoms with Crippen LogP contribution in [0.15, 0.2) is 12.4 Å². The molecule has 1 heterocycles. The molecule has 5 N–H and O–H groups in total. The number of rotatable bonds is 4. The van der Waals surface area contributed by atoms with E-state index in [-0.39, 0.29) is 11.2 Å². The lowest BCUT2D eigenvalue weighted by Crippen LogP contribution is -2.40. The summed E-state index contributed by atoms with van der Waals surface area (Å²) in [7, 11) is 0. The lowest BCUT2D eigenvalue weighted by Gasteiger charge is -2.25. The van der Waals surface area contributed by atoms with Crippen molar-refractivity contribution in [2.45, 2.75) is 19.4 Å². The van der Waals surface area contributed by atoms with Crippen LogP contribution < -0.4 is 16.8 Å². The van der Waals surface area contributed by atoms with Gasteiger partial charge in [-0.2, -0.15) is 0 Å². The molecule has 1 rings (SSSR count). The summed E-state index contributed by atoms with van der Waals surface area (Å²) < 4.78 is 0. The average molecular weight is 209 g/mol. The van der Waals surface area contributed by atoms with Crippen LogP contribution in [0, 0.1) is 0 Å². The van der Waals surface area contributed by atoms with Gasteiger partial charge in [0, 0.05) is 24.5 Å². The zero-order chi connectivity index (χ0) is 11.5. The molecule has 0 aliphatic carbocycles. The van der Waals surface area contributed by atoms with Gasteiger partial charge in [-0.25, -0.2) is 9.97 Å². The Bertz CT molecular complexity index is 363. The second kappa shape index (κ2) is 4.22. The van der Waals surface area contributed by atoms with Gasteiger partial charge in [-0.15, -0.1) is 0 Å². The van der Waals surface area contributed by atoms with Gasteiger partial charge >= 0.3 is 0 Å². The number of carbonyl (C=O) groups excluding carboxylic acids is 1. The molecule has 0 radical (unpaired) electrons. The number of hydrogen-bond acceptors (Lipinski definition) is 5. The Morgan fingerprint density at radius 1 is 1.47 bits per heavy atom. The van der Waals surface area contributed by atoms with Crippen LogP contribution in [0.4, 0.5) is 5.82 Å². The summed E-state index contributed by atoms with van der Waals surface area (Å²) in [5, 5.41) is 3.02. The third-order valence-corrected chi connectivity index (χ3v) is 1.90. The van der Waals surface area contributed by atoms with Crippen LogP contribution in [-0.4, -0.2) is 28.0 Å². The van der Waals surface area contributed by atoms with Crippen LogP contribution in [0.5, 0.6) is 0 Å². The molecule has 1 amide bonds. The molecule has 0 aliphatic rings. The second-order valence-corrected chi connectivity index (χ2v) is 3.83. The molecule has 1 aromatic heterocycles. The van der Waals surface area contributed by atoms with E-state index in [1.165, 1.54) is 12.4 Å². The molecule has 0 atom stereocenters. The average Bonchev–Trinajstić information content (AvgIpc) is 2.18. The Kier molecular flexibility index (Phi) is 3.21. The van der Waals surface area contributed by atoms with Crippen LogP contribution in [0.25, 0.3) is 0 Å². The predicted octanol–water partition coefficient (Wildman–Crippen LogP) is -0.275. The van der Waals surface area contributed by atoms with E-state index in [4.69, 9.17) is 11.5 Å². The fraction of sp³-hybridized carbons (Fsp3) is 0.444. The standard InChI is InChI=1S/C9H15N5O/c1-9(2,5-10)14-8-6(7(11)15)12-3-4-13-8/h3-4H,5,10H2,1-2H3,(H2,11,15)(H,13,14). The lowest BCUT2D eigenvalue weighted by atomic mass is 10.1. The Balaban J connectivity index is 2.99. The van der Waals surface area contributed by atoms with E-state index >= 15 is 0 Å². The van der Waals surface area contributed by atoms with Gasteiger partial charge in [-0.3, -0.25) is 4.79 Å². The monoisotopic (exact) mass is 209 g/mol. The third kappa shape index (κ3) is 2.88. The van der Waals surface area contributed by atoms with Crippen molar-refractivity contribution >= 4 is 11.7 Å². The van der Waals surface area contributed by atoms with Crippen molar-refractivity contribution in [2.75, 3.05) is 11.9 Å². The molecular formula is C9H15N5O. The number of hydrogen-bond donors (Lipinski definition) is 3. The zero-order valence-corrected chi connectivity index (χ0v) is 8.82. The minimum atomic E-state index is -0.613. The fourth-order valence-corrected chi connectivity index (χ4v) is 0.981. The highest BCUT2D eigenvalue weighted by molar-refractivity contribution is 5.95. The van der Waals surface area contributed by atoms with Gasteiger partial charge in [-0.05, 0) is 13.8 Å². The molecular weight excluding hydrogens is 194 g/mol. The Labute approximate surface area is 88.1 Å². The number of amides is 1. The number of nitrogens with one attached hydrogen (secondary N) is 1. The Morgan fingerprint density at radius 3 is 2.60 bits per heavy atom. The summed E-state index contributed by atoms with van der Waals surface area (Å²) >= 11 is 0. The molecule has 15 heavy (non-hydrogen) atoms. The van der Waals surface area contributed by atoms with Crippen LogP contribution in [-0.2, 0) is 0 Å². The first-order valence-electron chi connectivity index (χ1n) is 4.55. The SMILES string of the molecule is CC(C)(CN)Nc1nccnc1C(N)=O. The van der Waals surface area contributed by atoms with Gasteiger partial charge < -0.3 is 16.8 Å². The topological polar surface area (TPSA) is 107 Å². The number of nitrogens with two attached hydrogens (primary N) is 2. The molecule has 6 nitrogen and oxygen atoms in total. The highest BCUT2D eigenvalue weighted by Crippen LogP contribution is 2.13. The number of anilines is 1. The number of primary amides is 1. The second-order valence-electron chi connectivity index (χ2n) is 3.83. The summed E-state index contributed by atoms with van der Waals surface area (Å²) in [6, 6.07) is 0. The predicted molar refractivity (Wildman–Crippen MR) is 57.3 cm³/mol. The summed E-state index contributed by atoms with van der Waals surface area (Å²) in [6.45, 7) is 4.20. The zero-order valence-electron chi connectivity index (χ0n) is 8.82. The van der Waals surface area contributed by atoms with Crippen molar-refractivity contribution < 1.29 is 4.79 Å². The maximum absolute atomic E-state index is 11.0. The summed E-state index contributed by atoms with van der Waals surface area (Å²) in [6.07, 6.45) is 2.90. The van der Waals surface area contributed by atoms with Gasteiger partial charge in [-0.1, -0.05) is 0 Å². The van der Waals surface area contributed by atoms with E-state index in [9.17, 15) is 4.79 Å². The van der Waals surface area contributed by atoms with Crippen molar-refractivity contribution in [3.8, 4) is 0 Å². The van der Waals surface area contributed by atoms with Crippen LogP contribution in [0.2, 0.25) is 0 Å². The minimum absolute atomic E-state index is 0.124. The molecule has 82 valence electrons. The first kappa shape index (κ1) is 11.4. The maximum atomic E-state index is 11.0. The van der Waals surface area contributed by atoms with Gasteiger partial charge in [0.1, 0.15) is 0 Å². The summed E-state index contributed by atoms with van der Waals surface area (Å²) in [5.74, 6) is -0.251. The van der Waals surface area contributed by atoms with Crippen LogP contribution >= 0.6 is 0 Å². The van der Waals surface area contributed by atoms with Crippen molar-refractivity contribution in [1.82, 2.24) is 9.97 Å². The number of nitrogens with zero attached hydrogens (tertiary/aromatic N) is 2. The van der Waals surface area contributed by atoms with Crippen LogP contribution in [0.3, 0.4) is 0 Å². The molecule has 0 saturated heterocycles. The molecule has 0 spiro atoms. The maximum Gasteiger partial charge on any atom is 0.271 e. The fourth-order valence-electron chi connectivity index (χ4n) is 0.981. The summed E-state index contributed by atoms with van der Waals surface area (Å²) in [4.78, 5) is 18.9. The first-order chi connectivity index (χ1) is 6.96. The summed E-state index contributed by atoms with van der Waals surface area (Å²) in [5.41, 5.74) is 10.5. The van der Waals surface area contributed by atoms with Crippen molar-refractivity contribution in [3.05, 3.63) is 18.1 Å². The van der Waals surface area contributed by atoms with Crippen molar-refractivity contribution in [3.63, 3.8) is 0 Å². The van der Waals surface area contributed by atoms with Crippen LogP contribution in [0.1, 0.15) is 24.3 Å². The van der Waals surface area contributed by atoms with Gasteiger partial charge in [0.05, 0.1) is 0 Å². The van der Waals surface area contributed by atoms with E-state index in [2.05, 4.69) is 15.3 Å². The molecule has 0 aliphatic heterocycles. The van der Waals surface area contributed by atoms with E-state index < -0.39 is 5.91 Å². The Hall–Kier alpha value is -1.69. The minimum Gasteiger partial charge on any atom is -0.364 e. The molecule has 0 bridgehead atoms. The molecule has 6 heteroatoms. The highest BCUT2D eigenvalue weighted by Gasteiger charge is 2.19. The smallest absolute Gasteiger partial charge is 0.271 e. The van der Waals surface area contributed by atoms with E-state index in [1.807, 2.05) is 13.8 Å². The van der Waals surface area contributed by atoms with E-state index in [1.54, 1.807) is 0 Å². The van der Waals surface area contributed by atoms with E-state index in [0.717, 1.165) is 0 Å². The highest BCUT2D eigenvalue weighted by atomic mass is 16.1. The molecule has 0 aromatic carbocycles. The normalized spacial score (nSPS) is 11.1. The molecule has 1 aromatic rings. The molecule has 0 saturated carbocycles. The van der Waals surface area contributed by atoms with E-state index in [0.29, 0.717) is 12.4 Å².